The van der Waals surface area contributed by atoms with Gasteiger partial charge in [-0.05, 0) is 37.6 Å². The number of aromatic nitrogens is 1. The van der Waals surface area contributed by atoms with Gasteiger partial charge in [0.15, 0.2) is 18.1 Å². The molecule has 4 rings (SSSR count). The summed E-state index contributed by atoms with van der Waals surface area (Å²) in [5.41, 5.74) is 6.49. The van der Waals surface area contributed by atoms with Crippen LogP contribution in [0.2, 0.25) is 0 Å². The molecule has 0 aliphatic carbocycles. The lowest BCUT2D eigenvalue weighted by atomic mass is 9.95. The summed E-state index contributed by atoms with van der Waals surface area (Å²) in [5, 5.41) is 10.3. The monoisotopic (exact) mass is 505 g/mol. The van der Waals surface area contributed by atoms with E-state index in [-0.39, 0.29) is 12.2 Å². The molecule has 11 nitrogen and oxygen atoms in total. The third-order valence-electron chi connectivity index (χ3n) is 5.88. The average Bonchev–Trinajstić information content (AvgIpc) is 3.21. The number of para-hydroxylation sites is 1. The minimum absolute atomic E-state index is 0.264. The summed E-state index contributed by atoms with van der Waals surface area (Å²) in [4.78, 5) is 40.0. The van der Waals surface area contributed by atoms with Crippen LogP contribution in [0.1, 0.15) is 29.8 Å². The van der Waals surface area contributed by atoms with Crippen molar-refractivity contribution >= 4 is 35.0 Å². The predicted octanol–water partition coefficient (Wildman–Crippen LogP) is 2.81. The van der Waals surface area contributed by atoms with Crippen LogP contribution in [0.15, 0.2) is 58.8 Å². The first kappa shape index (κ1) is 25.3. The van der Waals surface area contributed by atoms with E-state index in [1.54, 1.807) is 31.3 Å². The third kappa shape index (κ3) is 5.40. The van der Waals surface area contributed by atoms with E-state index < -0.39 is 23.9 Å². The topological polar surface area (TPSA) is 143 Å². The number of methoxy groups -OCH3 is 2. The van der Waals surface area contributed by atoms with Gasteiger partial charge in [0.25, 0.3) is 5.91 Å². The molecule has 1 aliphatic rings. The van der Waals surface area contributed by atoms with Gasteiger partial charge < -0.3 is 29.8 Å². The minimum Gasteiger partial charge on any atom is -0.493 e. The Bertz CT molecular complexity index is 1420. The van der Waals surface area contributed by atoms with Gasteiger partial charge in [-0.15, -0.1) is 0 Å². The van der Waals surface area contributed by atoms with Crippen molar-refractivity contribution < 1.29 is 28.6 Å². The van der Waals surface area contributed by atoms with E-state index in [4.69, 9.17) is 14.2 Å². The molecule has 192 valence electrons. The number of nitrogens with zero attached hydrogens (tertiary/aromatic N) is 1. The van der Waals surface area contributed by atoms with Crippen LogP contribution in [0.5, 0.6) is 11.5 Å². The van der Waals surface area contributed by atoms with Gasteiger partial charge in [-0.3, -0.25) is 4.79 Å². The van der Waals surface area contributed by atoms with Gasteiger partial charge in [-0.25, -0.2) is 15.0 Å². The molecule has 0 bridgehead atoms. The van der Waals surface area contributed by atoms with Crippen LogP contribution < -0.4 is 25.5 Å². The predicted molar refractivity (Wildman–Crippen MR) is 136 cm³/mol. The zero-order valence-corrected chi connectivity index (χ0v) is 20.8. The Hall–Kier alpha value is -4.80. The molecular formula is C26H27N5O6. The highest BCUT2D eigenvalue weighted by atomic mass is 16.5. The van der Waals surface area contributed by atoms with Crippen LogP contribution >= 0.6 is 0 Å². The van der Waals surface area contributed by atoms with E-state index in [1.807, 2.05) is 31.2 Å². The highest BCUT2D eigenvalue weighted by Crippen LogP contribution is 2.34. The molecule has 3 amide bonds. The van der Waals surface area contributed by atoms with Gasteiger partial charge in [0.2, 0.25) is 0 Å². The van der Waals surface area contributed by atoms with Gasteiger partial charge in [0, 0.05) is 27.9 Å². The van der Waals surface area contributed by atoms with Crippen molar-refractivity contribution in [3.05, 3.63) is 70.6 Å². The normalized spacial score (nSPS) is 15.4. The van der Waals surface area contributed by atoms with Crippen molar-refractivity contribution in [2.75, 3.05) is 20.8 Å². The Labute approximate surface area is 212 Å². The van der Waals surface area contributed by atoms with Crippen molar-refractivity contribution in [2.45, 2.75) is 19.9 Å². The summed E-state index contributed by atoms with van der Waals surface area (Å²) < 4.78 is 15.9. The number of nitrogens with one attached hydrogen (secondary N) is 4. The van der Waals surface area contributed by atoms with Crippen LogP contribution in [0.3, 0.4) is 0 Å². The lowest BCUT2D eigenvalue weighted by molar-refractivity contribution is -0.136. The molecule has 1 aliphatic heterocycles. The van der Waals surface area contributed by atoms with E-state index >= 15 is 0 Å². The van der Waals surface area contributed by atoms with Gasteiger partial charge >= 0.3 is 12.0 Å². The summed E-state index contributed by atoms with van der Waals surface area (Å²) in [6.45, 7) is 3.24. The van der Waals surface area contributed by atoms with Gasteiger partial charge in [0.05, 0.1) is 32.0 Å². The van der Waals surface area contributed by atoms with E-state index in [2.05, 4.69) is 26.1 Å². The standard InChI is InChI=1S/C26H27N5O6/c1-14-18(17-7-5-6-8-19(17)28-14)12-27-31-22(32)13-37-20-10-9-16(11-21(20)35-3)24-23(25(33)36-4)15(2)29-26(34)30-24/h5-12,24,28H,13H2,1-4H3,(H,31,32)(H2,29,30,34)/b27-12-/t24-/m1/s1. The van der Waals surface area contributed by atoms with Gasteiger partial charge in [-0.2, -0.15) is 5.10 Å². The molecule has 37 heavy (non-hydrogen) atoms. The number of fused-ring (bicyclic) bond motifs is 1. The quantitative estimate of drug-likeness (QED) is 0.211. The molecule has 4 N–H and O–H groups in total. The first-order valence-corrected chi connectivity index (χ1v) is 11.4. The molecule has 0 fully saturated rings. The summed E-state index contributed by atoms with van der Waals surface area (Å²) in [7, 11) is 2.72. The fourth-order valence-electron chi connectivity index (χ4n) is 4.12. The zero-order valence-electron chi connectivity index (χ0n) is 20.8. The summed E-state index contributed by atoms with van der Waals surface area (Å²) in [5.74, 6) is -0.414. The zero-order chi connectivity index (χ0) is 26.5. The summed E-state index contributed by atoms with van der Waals surface area (Å²) in [6.07, 6.45) is 1.59. The SMILES string of the molecule is COC(=O)C1=C(C)NC(=O)N[C@@H]1c1ccc(OCC(=O)N/N=C\c2c(C)[nH]c3ccccc23)c(OC)c1. The molecule has 3 aromatic rings. The second-order valence-corrected chi connectivity index (χ2v) is 8.26. The Morgan fingerprint density at radius 1 is 1.11 bits per heavy atom. The lowest BCUT2D eigenvalue weighted by Crippen LogP contribution is -2.45. The maximum absolute atomic E-state index is 12.3. The number of hydrazone groups is 1. The Morgan fingerprint density at radius 3 is 2.65 bits per heavy atom. The molecule has 0 spiro atoms. The van der Waals surface area contributed by atoms with Gasteiger partial charge in [-0.1, -0.05) is 24.3 Å². The van der Waals surface area contributed by atoms with Crippen LogP contribution in [0.25, 0.3) is 10.9 Å². The number of allylic oxidation sites excluding steroid dienone is 1. The van der Waals surface area contributed by atoms with Gasteiger partial charge in [0.1, 0.15) is 0 Å². The first-order chi connectivity index (χ1) is 17.8. The van der Waals surface area contributed by atoms with E-state index in [0.717, 1.165) is 22.2 Å². The number of aryl methyl sites for hydroxylation is 1. The van der Waals surface area contributed by atoms with Crippen molar-refractivity contribution in [1.29, 1.82) is 0 Å². The largest absolute Gasteiger partial charge is 0.493 e. The third-order valence-corrected chi connectivity index (χ3v) is 5.88. The minimum atomic E-state index is -0.755. The number of amides is 3. The van der Waals surface area contributed by atoms with Crippen molar-refractivity contribution in [1.82, 2.24) is 21.0 Å². The highest BCUT2D eigenvalue weighted by molar-refractivity contribution is 6.01. The highest BCUT2D eigenvalue weighted by Gasteiger charge is 2.32. The van der Waals surface area contributed by atoms with Crippen LogP contribution in [-0.2, 0) is 14.3 Å². The Kier molecular flexibility index (Phi) is 7.42. The number of hydrogen-bond donors (Lipinski definition) is 4. The molecule has 0 saturated carbocycles. The van der Waals surface area contributed by atoms with E-state index in [0.29, 0.717) is 22.8 Å². The second-order valence-electron chi connectivity index (χ2n) is 8.26. The number of hydrogen-bond acceptors (Lipinski definition) is 7. The fourth-order valence-corrected chi connectivity index (χ4v) is 4.12. The maximum Gasteiger partial charge on any atom is 0.337 e. The average molecular weight is 506 g/mol. The molecule has 2 aromatic carbocycles. The lowest BCUT2D eigenvalue weighted by Gasteiger charge is -2.28. The molecule has 11 heteroatoms. The number of urea groups is 1. The van der Waals surface area contributed by atoms with Crippen molar-refractivity contribution in [2.24, 2.45) is 5.10 Å². The number of H-pyrrole nitrogens is 1. The van der Waals surface area contributed by atoms with E-state index in [1.165, 1.54) is 14.2 Å². The number of rotatable bonds is 8. The molecule has 0 radical (unpaired) electrons. The number of esters is 1. The number of carbonyl (C=O) groups is 3. The fraction of sp³-hybridized carbons (Fsp3) is 0.231. The number of benzene rings is 2. The molecule has 2 heterocycles. The number of carbonyl (C=O) groups excluding carboxylic acids is 3. The van der Waals surface area contributed by atoms with Crippen molar-refractivity contribution in [3.63, 3.8) is 0 Å². The molecular weight excluding hydrogens is 478 g/mol. The number of ether oxygens (including phenoxy) is 3. The maximum atomic E-state index is 12.3. The molecule has 0 saturated heterocycles. The molecule has 1 atom stereocenters. The van der Waals surface area contributed by atoms with E-state index in [9.17, 15) is 14.4 Å². The smallest absolute Gasteiger partial charge is 0.337 e. The van der Waals surface area contributed by atoms with Crippen molar-refractivity contribution in [3.8, 4) is 11.5 Å². The van der Waals surface area contributed by atoms with Crippen LogP contribution in [0, 0.1) is 6.92 Å². The molecule has 1 aromatic heterocycles. The second kappa shape index (κ2) is 10.9. The van der Waals surface area contributed by atoms with Crippen LogP contribution in [-0.4, -0.2) is 49.9 Å². The summed E-state index contributed by atoms with van der Waals surface area (Å²) >= 11 is 0. The molecule has 0 unspecified atom stereocenters. The first-order valence-electron chi connectivity index (χ1n) is 11.4. The summed E-state index contributed by atoms with van der Waals surface area (Å²) in [6, 6.07) is 11.5. The Morgan fingerprint density at radius 2 is 1.89 bits per heavy atom. The number of aromatic amines is 1. The van der Waals surface area contributed by atoms with Crippen LogP contribution in [0.4, 0.5) is 4.79 Å². The Balaban J connectivity index is 1.43.